The minimum Gasteiger partial charge on any atom is -0.380 e. The minimum atomic E-state index is -0.556. The summed E-state index contributed by atoms with van der Waals surface area (Å²) >= 11 is 2.92. The third-order valence-electron chi connectivity index (χ3n) is 2.21. The summed E-state index contributed by atoms with van der Waals surface area (Å²) < 4.78 is 18.6. The number of nitrogens with zero attached hydrogens (tertiary/aromatic N) is 1. The van der Waals surface area contributed by atoms with Crippen LogP contribution < -0.4 is 5.32 Å². The average molecular weight is 321 g/mol. The Morgan fingerprint density at radius 3 is 2.83 bits per heavy atom. The van der Waals surface area contributed by atoms with Crippen LogP contribution in [-0.4, -0.2) is 24.2 Å². The Labute approximate surface area is 113 Å². The van der Waals surface area contributed by atoms with Crippen molar-refractivity contribution in [1.82, 2.24) is 0 Å². The van der Waals surface area contributed by atoms with Gasteiger partial charge in [0, 0.05) is 24.8 Å². The lowest BCUT2D eigenvalue weighted by atomic mass is 10.2. The highest BCUT2D eigenvalue weighted by Gasteiger charge is 2.18. The number of benzene rings is 1. The quantitative estimate of drug-likeness (QED) is 0.645. The van der Waals surface area contributed by atoms with Crippen molar-refractivity contribution in [2.75, 3.05) is 18.5 Å². The fourth-order valence-electron chi connectivity index (χ4n) is 1.40. The number of rotatable bonds is 6. The molecule has 0 amide bonds. The molecule has 0 aliphatic rings. The number of hydrogen-bond acceptors (Lipinski definition) is 4. The first kappa shape index (κ1) is 14.8. The van der Waals surface area contributed by atoms with Crippen molar-refractivity contribution in [2.45, 2.75) is 19.9 Å². The van der Waals surface area contributed by atoms with Crippen LogP contribution in [-0.2, 0) is 4.74 Å². The Kier molecular flexibility index (Phi) is 5.49. The molecule has 1 unspecified atom stereocenters. The van der Waals surface area contributed by atoms with Gasteiger partial charge in [0.1, 0.15) is 11.5 Å². The van der Waals surface area contributed by atoms with Gasteiger partial charge >= 0.3 is 0 Å². The molecule has 0 aromatic heterocycles. The van der Waals surface area contributed by atoms with Crippen LogP contribution in [0, 0.1) is 15.9 Å². The Bertz CT molecular complexity index is 443. The zero-order valence-electron chi connectivity index (χ0n) is 10.1. The van der Waals surface area contributed by atoms with E-state index in [4.69, 9.17) is 4.74 Å². The number of nitrogens with one attached hydrogen (secondary N) is 1. The summed E-state index contributed by atoms with van der Waals surface area (Å²) in [5, 5.41) is 13.7. The van der Waals surface area contributed by atoms with Gasteiger partial charge in [-0.15, -0.1) is 0 Å². The van der Waals surface area contributed by atoms with Crippen LogP contribution >= 0.6 is 15.9 Å². The molecule has 0 bridgehead atoms. The third-order valence-corrected chi connectivity index (χ3v) is 2.82. The topological polar surface area (TPSA) is 64.4 Å². The lowest BCUT2D eigenvalue weighted by Crippen LogP contribution is -2.22. The van der Waals surface area contributed by atoms with Crippen molar-refractivity contribution < 1.29 is 14.1 Å². The first-order valence-electron chi connectivity index (χ1n) is 5.43. The smallest absolute Gasteiger partial charge is 0.293 e. The van der Waals surface area contributed by atoms with Gasteiger partial charge in [-0.1, -0.05) is 0 Å². The van der Waals surface area contributed by atoms with Crippen molar-refractivity contribution >= 4 is 27.3 Å². The largest absolute Gasteiger partial charge is 0.380 e. The molecule has 1 aromatic carbocycles. The summed E-state index contributed by atoms with van der Waals surface area (Å²) in [5.74, 6) is -0.549. The average Bonchev–Trinajstić information content (AvgIpc) is 2.30. The fraction of sp³-hybridized carbons (Fsp3) is 0.455. The molecule has 0 heterocycles. The summed E-state index contributed by atoms with van der Waals surface area (Å²) in [5.41, 5.74) is -0.0282. The monoisotopic (exact) mass is 320 g/mol. The molecule has 0 saturated heterocycles. The maximum absolute atomic E-state index is 13.4. The van der Waals surface area contributed by atoms with Crippen LogP contribution in [0.5, 0.6) is 0 Å². The van der Waals surface area contributed by atoms with Gasteiger partial charge in [0.25, 0.3) is 5.69 Å². The Morgan fingerprint density at radius 2 is 2.28 bits per heavy atom. The van der Waals surface area contributed by atoms with E-state index in [1.54, 1.807) is 6.92 Å². The van der Waals surface area contributed by atoms with Crippen molar-refractivity contribution in [3.05, 3.63) is 32.5 Å². The predicted molar refractivity (Wildman–Crippen MR) is 70.3 cm³/mol. The molecule has 1 atom stereocenters. The molecule has 5 nitrogen and oxygen atoms in total. The Morgan fingerprint density at radius 1 is 1.61 bits per heavy atom. The number of hydrogen-bond donors (Lipinski definition) is 1. The van der Waals surface area contributed by atoms with Crippen molar-refractivity contribution in [3.8, 4) is 0 Å². The molecule has 100 valence electrons. The van der Waals surface area contributed by atoms with Crippen LogP contribution in [0.2, 0.25) is 0 Å². The first-order valence-corrected chi connectivity index (χ1v) is 6.22. The molecule has 0 saturated carbocycles. The summed E-state index contributed by atoms with van der Waals surface area (Å²) in [7, 11) is 0. The molecule has 1 N–H and O–H groups in total. The highest BCUT2D eigenvalue weighted by Crippen LogP contribution is 2.30. The zero-order chi connectivity index (χ0) is 13.7. The van der Waals surface area contributed by atoms with Gasteiger partial charge in [0.05, 0.1) is 16.0 Å². The van der Waals surface area contributed by atoms with E-state index in [-0.39, 0.29) is 21.9 Å². The van der Waals surface area contributed by atoms with Crippen molar-refractivity contribution in [3.63, 3.8) is 0 Å². The van der Waals surface area contributed by atoms with Crippen LogP contribution in [0.3, 0.4) is 0 Å². The molecule has 0 radical (unpaired) electrons. The normalized spacial score (nSPS) is 12.2. The third kappa shape index (κ3) is 3.92. The second-order valence-electron chi connectivity index (χ2n) is 3.75. The lowest BCUT2D eigenvalue weighted by Gasteiger charge is -2.15. The SMILES string of the molecule is CCOCC(C)Nc1cc(F)c(Br)cc1[N+](=O)[O-]. The number of ether oxygens (including phenoxy) is 1. The molecule has 0 fully saturated rings. The number of halogens is 2. The zero-order valence-corrected chi connectivity index (χ0v) is 11.7. The summed E-state index contributed by atoms with van der Waals surface area (Å²) in [4.78, 5) is 10.3. The van der Waals surface area contributed by atoms with Gasteiger partial charge in [-0.2, -0.15) is 0 Å². The molecule has 7 heteroatoms. The molecule has 0 spiro atoms. The summed E-state index contributed by atoms with van der Waals surface area (Å²) in [6, 6.07) is 2.10. The molecular formula is C11H14BrFN2O3. The number of anilines is 1. The van der Waals surface area contributed by atoms with Gasteiger partial charge < -0.3 is 10.1 Å². The van der Waals surface area contributed by atoms with E-state index in [0.717, 1.165) is 12.1 Å². The van der Waals surface area contributed by atoms with Crippen LogP contribution in [0.1, 0.15) is 13.8 Å². The van der Waals surface area contributed by atoms with Gasteiger partial charge in [-0.25, -0.2) is 4.39 Å². The molecular weight excluding hydrogens is 307 g/mol. The standard InChI is InChI=1S/C11H14BrFN2O3/c1-3-18-6-7(2)14-10-5-9(13)8(12)4-11(10)15(16)17/h4-5,7,14H,3,6H2,1-2H3. The highest BCUT2D eigenvalue weighted by molar-refractivity contribution is 9.10. The second kappa shape index (κ2) is 6.65. The van der Waals surface area contributed by atoms with E-state index >= 15 is 0 Å². The Balaban J connectivity index is 2.93. The van der Waals surface area contributed by atoms with Crippen LogP contribution in [0.25, 0.3) is 0 Å². The van der Waals surface area contributed by atoms with Crippen molar-refractivity contribution in [2.24, 2.45) is 0 Å². The molecule has 0 aliphatic heterocycles. The lowest BCUT2D eigenvalue weighted by molar-refractivity contribution is -0.384. The van der Waals surface area contributed by atoms with Crippen LogP contribution in [0.15, 0.2) is 16.6 Å². The van der Waals surface area contributed by atoms with Gasteiger partial charge in [-0.05, 0) is 29.8 Å². The van der Waals surface area contributed by atoms with Gasteiger partial charge in [0.2, 0.25) is 0 Å². The highest BCUT2D eigenvalue weighted by atomic mass is 79.9. The maximum atomic E-state index is 13.4. The predicted octanol–water partition coefficient (Wildman–Crippen LogP) is 3.33. The first-order chi connectivity index (χ1) is 8.45. The van der Waals surface area contributed by atoms with E-state index in [1.807, 2.05) is 6.92 Å². The van der Waals surface area contributed by atoms with E-state index in [0.29, 0.717) is 13.2 Å². The number of nitro benzene ring substituents is 1. The fourth-order valence-corrected chi connectivity index (χ4v) is 1.74. The Hall–Kier alpha value is -1.21. The van der Waals surface area contributed by atoms with E-state index in [1.165, 1.54) is 0 Å². The second-order valence-corrected chi connectivity index (χ2v) is 4.60. The molecule has 18 heavy (non-hydrogen) atoms. The van der Waals surface area contributed by atoms with E-state index in [9.17, 15) is 14.5 Å². The molecule has 1 aromatic rings. The van der Waals surface area contributed by atoms with E-state index in [2.05, 4.69) is 21.2 Å². The number of nitro groups is 1. The van der Waals surface area contributed by atoms with Gasteiger partial charge in [0.15, 0.2) is 0 Å². The van der Waals surface area contributed by atoms with Crippen LogP contribution in [0.4, 0.5) is 15.8 Å². The minimum absolute atomic E-state index is 0.0669. The molecule has 1 rings (SSSR count). The summed E-state index contributed by atoms with van der Waals surface area (Å²) in [6.07, 6.45) is 0. The van der Waals surface area contributed by atoms with E-state index < -0.39 is 10.7 Å². The van der Waals surface area contributed by atoms with Gasteiger partial charge in [-0.3, -0.25) is 10.1 Å². The van der Waals surface area contributed by atoms with Crippen molar-refractivity contribution in [1.29, 1.82) is 0 Å². The summed E-state index contributed by atoms with van der Waals surface area (Å²) in [6.45, 7) is 4.61. The molecule has 0 aliphatic carbocycles. The maximum Gasteiger partial charge on any atom is 0.293 e.